The maximum absolute atomic E-state index is 12.6. The van der Waals surface area contributed by atoms with Gasteiger partial charge in [-0.15, -0.1) is 0 Å². The van der Waals surface area contributed by atoms with Crippen molar-refractivity contribution in [3.63, 3.8) is 0 Å². The number of carbonyl (C=O) groups excluding carboxylic acids is 2. The molecule has 0 aromatic heterocycles. The molecule has 25 heavy (non-hydrogen) atoms. The zero-order chi connectivity index (χ0) is 17.2. The molecular weight excluding hydrogens is 324 g/mol. The van der Waals surface area contributed by atoms with Gasteiger partial charge in [0.1, 0.15) is 13.2 Å². The second-order valence-electron chi connectivity index (χ2n) is 5.71. The first-order valence-corrected chi connectivity index (χ1v) is 7.93. The minimum atomic E-state index is -0.817. The van der Waals surface area contributed by atoms with Crippen molar-refractivity contribution in [1.82, 2.24) is 5.32 Å². The smallest absolute Gasteiger partial charge is 0.408 e. The summed E-state index contributed by atoms with van der Waals surface area (Å²) in [5.74, 6) is 0.857. The molecule has 2 aromatic rings. The second-order valence-corrected chi connectivity index (χ2v) is 5.71. The molecule has 0 radical (unpaired) electrons. The largest absolute Gasteiger partial charge is 0.486 e. The molecule has 0 spiro atoms. The molecule has 2 N–H and O–H groups in total. The number of alkyl carbamates (subject to hydrolysis) is 1. The molecule has 7 nitrogen and oxygen atoms in total. The lowest BCUT2D eigenvalue weighted by Crippen LogP contribution is -2.40. The summed E-state index contributed by atoms with van der Waals surface area (Å²) in [6.45, 7) is 0.968. The first-order chi connectivity index (χ1) is 12.2. The summed E-state index contributed by atoms with van der Waals surface area (Å²) in [6, 6.07) is 13.5. The van der Waals surface area contributed by atoms with Gasteiger partial charge in [-0.2, -0.15) is 0 Å². The van der Waals surface area contributed by atoms with Crippen LogP contribution < -0.4 is 20.1 Å². The number of rotatable bonds is 3. The molecule has 0 saturated carbocycles. The fraction of sp³-hybridized carbons (Fsp3) is 0.222. The summed E-state index contributed by atoms with van der Waals surface area (Å²) in [6.07, 6.45) is -1.29. The minimum absolute atomic E-state index is 0.364. The van der Waals surface area contributed by atoms with Crippen molar-refractivity contribution >= 4 is 17.7 Å². The Bertz CT molecular complexity index is 808. The van der Waals surface area contributed by atoms with E-state index >= 15 is 0 Å². The van der Waals surface area contributed by atoms with Gasteiger partial charge in [-0.25, -0.2) is 4.79 Å². The molecule has 128 valence electrons. The van der Waals surface area contributed by atoms with Crippen LogP contribution in [0.4, 0.5) is 10.5 Å². The number of nitrogens with one attached hydrogen (secondary N) is 2. The average Bonchev–Trinajstić information content (AvgIpc) is 3.04. The van der Waals surface area contributed by atoms with Crippen LogP contribution in [-0.4, -0.2) is 31.3 Å². The van der Waals surface area contributed by atoms with Crippen LogP contribution in [0, 0.1) is 0 Å². The van der Waals surface area contributed by atoms with Crippen molar-refractivity contribution in [2.24, 2.45) is 0 Å². The van der Waals surface area contributed by atoms with Gasteiger partial charge in [0.25, 0.3) is 5.91 Å². The molecule has 2 aliphatic heterocycles. The van der Waals surface area contributed by atoms with E-state index in [1.54, 1.807) is 18.2 Å². The van der Waals surface area contributed by atoms with Crippen LogP contribution >= 0.6 is 0 Å². The van der Waals surface area contributed by atoms with Gasteiger partial charge < -0.3 is 24.8 Å². The molecule has 2 amide bonds. The van der Waals surface area contributed by atoms with Gasteiger partial charge in [0.2, 0.25) is 0 Å². The monoisotopic (exact) mass is 340 g/mol. The van der Waals surface area contributed by atoms with Crippen molar-refractivity contribution in [1.29, 1.82) is 0 Å². The van der Waals surface area contributed by atoms with Crippen LogP contribution in [0.2, 0.25) is 0 Å². The predicted octanol–water partition coefficient (Wildman–Crippen LogP) is 2.25. The third-order valence-electron chi connectivity index (χ3n) is 4.03. The van der Waals surface area contributed by atoms with Crippen molar-refractivity contribution in [2.75, 3.05) is 18.5 Å². The normalized spacial score (nSPS) is 21.2. The van der Waals surface area contributed by atoms with E-state index in [1.807, 2.05) is 30.3 Å². The Balaban J connectivity index is 1.52. The Morgan fingerprint density at radius 3 is 2.60 bits per heavy atom. The number of carbonyl (C=O) groups is 2. The molecule has 0 bridgehead atoms. The highest BCUT2D eigenvalue weighted by Crippen LogP contribution is 2.33. The lowest BCUT2D eigenvalue weighted by Gasteiger charge is -2.20. The van der Waals surface area contributed by atoms with E-state index < -0.39 is 18.2 Å². The number of anilines is 1. The summed E-state index contributed by atoms with van der Waals surface area (Å²) in [7, 11) is 0. The molecule has 2 unspecified atom stereocenters. The predicted molar refractivity (Wildman–Crippen MR) is 88.6 cm³/mol. The Kier molecular flexibility index (Phi) is 3.89. The van der Waals surface area contributed by atoms with Gasteiger partial charge in [0.15, 0.2) is 23.6 Å². The Labute approximate surface area is 143 Å². The lowest BCUT2D eigenvalue weighted by atomic mass is 10.0. The highest BCUT2D eigenvalue weighted by molar-refractivity contribution is 5.98. The van der Waals surface area contributed by atoms with E-state index in [1.165, 1.54) is 0 Å². The minimum Gasteiger partial charge on any atom is -0.486 e. The Morgan fingerprint density at radius 1 is 1.04 bits per heavy atom. The highest BCUT2D eigenvalue weighted by atomic mass is 16.6. The topological polar surface area (TPSA) is 85.9 Å². The summed E-state index contributed by atoms with van der Waals surface area (Å²) in [5.41, 5.74) is 1.31. The van der Waals surface area contributed by atoms with Gasteiger partial charge in [-0.3, -0.25) is 4.79 Å². The lowest BCUT2D eigenvalue weighted by molar-refractivity contribution is -0.119. The van der Waals surface area contributed by atoms with E-state index in [4.69, 9.17) is 14.2 Å². The van der Waals surface area contributed by atoms with Crippen molar-refractivity contribution in [3.05, 3.63) is 54.1 Å². The quantitative estimate of drug-likeness (QED) is 0.895. The van der Waals surface area contributed by atoms with Crippen LogP contribution in [0.1, 0.15) is 11.7 Å². The van der Waals surface area contributed by atoms with E-state index in [0.29, 0.717) is 30.4 Å². The zero-order valence-corrected chi connectivity index (χ0v) is 13.2. The fourth-order valence-corrected chi connectivity index (χ4v) is 2.87. The third-order valence-corrected chi connectivity index (χ3v) is 4.03. The summed E-state index contributed by atoms with van der Waals surface area (Å²) in [5, 5.41) is 5.34. The molecule has 2 aliphatic rings. The number of benzene rings is 2. The fourth-order valence-electron chi connectivity index (χ4n) is 2.87. The van der Waals surface area contributed by atoms with Gasteiger partial charge >= 0.3 is 6.09 Å². The van der Waals surface area contributed by atoms with E-state index in [2.05, 4.69) is 10.6 Å². The molecular formula is C18H16N2O5. The third kappa shape index (κ3) is 3.08. The van der Waals surface area contributed by atoms with Crippen molar-refractivity contribution in [2.45, 2.75) is 12.1 Å². The number of cyclic esters (lactones) is 1. The average molecular weight is 340 g/mol. The van der Waals surface area contributed by atoms with Crippen LogP contribution in [-0.2, 0) is 9.53 Å². The molecule has 4 rings (SSSR count). The maximum Gasteiger partial charge on any atom is 0.408 e. The molecule has 2 aromatic carbocycles. The van der Waals surface area contributed by atoms with Gasteiger partial charge in [-0.05, 0) is 17.7 Å². The number of hydrogen-bond acceptors (Lipinski definition) is 5. The molecule has 2 atom stereocenters. The zero-order valence-electron chi connectivity index (χ0n) is 13.2. The van der Waals surface area contributed by atoms with Crippen LogP contribution in [0.15, 0.2) is 48.5 Å². The highest BCUT2D eigenvalue weighted by Gasteiger charge is 2.40. The summed E-state index contributed by atoms with van der Waals surface area (Å²) >= 11 is 0. The van der Waals surface area contributed by atoms with Gasteiger partial charge in [-0.1, -0.05) is 30.3 Å². The molecule has 2 heterocycles. The van der Waals surface area contributed by atoms with E-state index in [0.717, 1.165) is 5.56 Å². The SMILES string of the molecule is O=C1NC(C(=O)Nc2ccc3c(c2)OCCO3)C(c2ccccc2)O1. The number of hydrogen-bond donors (Lipinski definition) is 2. The molecule has 1 fully saturated rings. The van der Waals surface area contributed by atoms with Crippen molar-refractivity contribution in [3.8, 4) is 11.5 Å². The van der Waals surface area contributed by atoms with Crippen molar-refractivity contribution < 1.29 is 23.8 Å². The summed E-state index contributed by atoms with van der Waals surface area (Å²) < 4.78 is 16.2. The first-order valence-electron chi connectivity index (χ1n) is 7.93. The van der Waals surface area contributed by atoms with E-state index in [9.17, 15) is 9.59 Å². The van der Waals surface area contributed by atoms with Crippen LogP contribution in [0.25, 0.3) is 0 Å². The molecule has 1 saturated heterocycles. The Morgan fingerprint density at radius 2 is 1.80 bits per heavy atom. The maximum atomic E-state index is 12.6. The second kappa shape index (κ2) is 6.35. The van der Waals surface area contributed by atoms with Gasteiger partial charge in [0.05, 0.1) is 0 Å². The van der Waals surface area contributed by atoms with Crippen LogP contribution in [0.3, 0.4) is 0 Å². The molecule has 7 heteroatoms. The van der Waals surface area contributed by atoms with Crippen LogP contribution in [0.5, 0.6) is 11.5 Å². The Hall–Kier alpha value is -3.22. The standard InChI is InChI=1S/C18H16N2O5/c21-17(19-12-6-7-13-14(10-12)24-9-8-23-13)15-16(25-18(22)20-15)11-4-2-1-3-5-11/h1-7,10,15-16H,8-9H2,(H,19,21)(H,20,22). The molecule has 0 aliphatic carbocycles. The number of ether oxygens (including phenoxy) is 3. The summed E-state index contributed by atoms with van der Waals surface area (Å²) in [4.78, 5) is 24.3. The van der Waals surface area contributed by atoms with E-state index in [-0.39, 0.29) is 5.91 Å². The van der Waals surface area contributed by atoms with Gasteiger partial charge in [0, 0.05) is 11.8 Å². The first kappa shape index (κ1) is 15.3. The number of fused-ring (bicyclic) bond motifs is 1. The number of amides is 2.